The number of likely N-dealkylation sites (N-methyl/N-ethyl adjacent to an activating group) is 1. The maximum Gasteiger partial charge on any atom is 0.295 e. The van der Waals surface area contributed by atoms with Gasteiger partial charge in [0.25, 0.3) is 5.91 Å². The Hall–Kier alpha value is -3.19. The van der Waals surface area contributed by atoms with E-state index in [1.54, 1.807) is 48.8 Å². The number of rotatable bonds is 8. The lowest BCUT2D eigenvalue weighted by Gasteiger charge is -2.27. The Balaban J connectivity index is 2.03. The summed E-state index contributed by atoms with van der Waals surface area (Å²) in [5.74, 6) is -1.17. The van der Waals surface area contributed by atoms with Crippen LogP contribution in [-0.2, 0) is 9.59 Å². The van der Waals surface area contributed by atoms with Crippen molar-refractivity contribution in [2.75, 3.05) is 33.8 Å². The molecule has 30 heavy (non-hydrogen) atoms. The van der Waals surface area contributed by atoms with Gasteiger partial charge >= 0.3 is 0 Å². The van der Waals surface area contributed by atoms with Crippen LogP contribution in [0.5, 0.6) is 5.75 Å². The van der Waals surface area contributed by atoms with Crippen molar-refractivity contribution in [3.63, 3.8) is 0 Å². The maximum absolute atomic E-state index is 13.3. The van der Waals surface area contributed by atoms with Gasteiger partial charge in [0.05, 0.1) is 39.8 Å². The number of benzene rings is 1. The molecule has 0 saturated carbocycles. The summed E-state index contributed by atoms with van der Waals surface area (Å²) < 4.78 is 5.56. The maximum atomic E-state index is 13.3. The van der Waals surface area contributed by atoms with Crippen molar-refractivity contribution in [2.45, 2.75) is 19.4 Å². The Morgan fingerprint density at radius 3 is 2.53 bits per heavy atom. The highest BCUT2D eigenvalue weighted by molar-refractivity contribution is 6.46. The number of quaternary nitrogens is 1. The number of ether oxygens (including phenoxy) is 1. The van der Waals surface area contributed by atoms with Crippen LogP contribution < -0.4 is 14.7 Å². The summed E-state index contributed by atoms with van der Waals surface area (Å²) in [5, 5.41) is 13.3. The highest BCUT2D eigenvalue weighted by Gasteiger charge is 2.44. The van der Waals surface area contributed by atoms with Crippen LogP contribution in [0.3, 0.4) is 0 Å². The average Bonchev–Trinajstić information content (AvgIpc) is 3.01. The van der Waals surface area contributed by atoms with Gasteiger partial charge in [-0.25, -0.2) is 0 Å². The molecule has 1 aliphatic rings. The number of ketones is 1. The van der Waals surface area contributed by atoms with Crippen LogP contribution >= 0.6 is 0 Å². The molecule has 158 valence electrons. The van der Waals surface area contributed by atoms with Gasteiger partial charge in [-0.15, -0.1) is 0 Å². The summed E-state index contributed by atoms with van der Waals surface area (Å²) in [4.78, 5) is 32.4. The predicted molar refractivity (Wildman–Crippen MR) is 111 cm³/mol. The molecule has 3 rings (SSSR count). The monoisotopic (exact) mass is 409 g/mol. The summed E-state index contributed by atoms with van der Waals surface area (Å²) in [6, 6.07) is 9.46. The van der Waals surface area contributed by atoms with E-state index < -0.39 is 23.5 Å². The lowest BCUT2D eigenvalue weighted by atomic mass is 9.96. The first-order valence-electron chi connectivity index (χ1n) is 10.1. The Morgan fingerprint density at radius 1 is 1.20 bits per heavy atom. The average molecular weight is 409 g/mol. The van der Waals surface area contributed by atoms with Crippen molar-refractivity contribution in [1.82, 2.24) is 9.88 Å². The third kappa shape index (κ3) is 4.52. The first kappa shape index (κ1) is 21.5. The Kier molecular flexibility index (Phi) is 6.84. The predicted octanol–water partition coefficient (Wildman–Crippen LogP) is 0.239. The number of carbonyl (C=O) groups excluding carboxylic acids is 2. The van der Waals surface area contributed by atoms with Gasteiger partial charge in [-0.3, -0.25) is 14.6 Å². The van der Waals surface area contributed by atoms with Crippen LogP contribution in [0.2, 0.25) is 0 Å². The fourth-order valence-corrected chi connectivity index (χ4v) is 3.41. The highest BCUT2D eigenvalue weighted by Crippen LogP contribution is 2.38. The molecule has 1 saturated heterocycles. The number of likely N-dealkylation sites (tertiary alicyclic amines) is 1. The van der Waals surface area contributed by atoms with Crippen molar-refractivity contribution in [3.05, 3.63) is 65.5 Å². The second-order valence-electron chi connectivity index (χ2n) is 7.59. The molecular formula is C23H27N3O4. The van der Waals surface area contributed by atoms with Crippen LogP contribution in [-0.4, -0.2) is 55.4 Å². The van der Waals surface area contributed by atoms with E-state index in [9.17, 15) is 14.7 Å². The lowest BCUT2D eigenvalue weighted by Crippen LogP contribution is -3.06. The third-order valence-corrected chi connectivity index (χ3v) is 4.97. The zero-order valence-corrected chi connectivity index (χ0v) is 17.6. The number of hydrogen-bond donors (Lipinski definition) is 1. The van der Waals surface area contributed by atoms with Gasteiger partial charge in [0, 0.05) is 18.0 Å². The fourth-order valence-electron chi connectivity index (χ4n) is 3.41. The van der Waals surface area contributed by atoms with E-state index >= 15 is 0 Å². The highest BCUT2D eigenvalue weighted by atomic mass is 16.5. The minimum atomic E-state index is -0.742. The number of nitrogens with zero attached hydrogens (tertiary/aromatic N) is 2. The number of aromatic nitrogens is 1. The second kappa shape index (κ2) is 9.54. The van der Waals surface area contributed by atoms with E-state index in [1.165, 1.54) is 4.90 Å². The van der Waals surface area contributed by atoms with Gasteiger partial charge in [-0.1, -0.05) is 30.9 Å². The number of carbonyl (C=O) groups is 2. The SMILES string of the molecule is CCCOc1ccc(C([O-])=C2C(=O)C(=O)N(CC[NH+](C)C)C2c2cccnc2)cc1. The van der Waals surface area contributed by atoms with Crippen molar-refractivity contribution in [2.24, 2.45) is 0 Å². The van der Waals surface area contributed by atoms with E-state index in [1.807, 2.05) is 21.0 Å². The molecule has 0 radical (unpaired) electrons. The van der Waals surface area contributed by atoms with Crippen LogP contribution in [0.25, 0.3) is 5.76 Å². The Bertz CT molecular complexity index is 923. The van der Waals surface area contributed by atoms with Gasteiger partial charge in [0.15, 0.2) is 0 Å². The number of hydrogen-bond acceptors (Lipinski definition) is 5. The first-order valence-corrected chi connectivity index (χ1v) is 10.1. The smallest absolute Gasteiger partial charge is 0.295 e. The minimum absolute atomic E-state index is 0.0241. The van der Waals surface area contributed by atoms with Gasteiger partial charge in [-0.2, -0.15) is 0 Å². The Labute approximate surface area is 176 Å². The van der Waals surface area contributed by atoms with E-state index in [0.29, 0.717) is 36.6 Å². The molecule has 0 spiro atoms. The number of amides is 1. The molecule has 7 nitrogen and oxygen atoms in total. The fraction of sp³-hybridized carbons (Fsp3) is 0.348. The normalized spacial score (nSPS) is 18.3. The summed E-state index contributed by atoms with van der Waals surface area (Å²) in [6.45, 7) is 3.62. The minimum Gasteiger partial charge on any atom is -0.872 e. The molecule has 1 aromatic carbocycles. The van der Waals surface area contributed by atoms with Crippen molar-refractivity contribution < 1.29 is 24.3 Å². The number of Topliss-reactive ketones (excluding diaryl/α,β-unsaturated/α-hetero) is 1. The standard InChI is InChI=1S/C23H27N3O4/c1-4-14-30-18-9-7-16(8-10-18)21(27)19-20(17-6-5-11-24-15-17)26(13-12-25(2)3)23(29)22(19)28/h5-11,15,20,27H,4,12-14H2,1-3H3. The van der Waals surface area contributed by atoms with Gasteiger partial charge in [-0.05, 0) is 35.7 Å². The second-order valence-corrected chi connectivity index (χ2v) is 7.59. The molecule has 1 fully saturated rings. The topological polar surface area (TPSA) is 87.0 Å². The number of pyridine rings is 1. The molecule has 7 heteroatoms. The zero-order chi connectivity index (χ0) is 21.7. The lowest BCUT2D eigenvalue weighted by molar-refractivity contribution is -0.857. The van der Waals surface area contributed by atoms with Gasteiger partial charge < -0.3 is 19.6 Å². The van der Waals surface area contributed by atoms with Crippen molar-refractivity contribution in [1.29, 1.82) is 0 Å². The van der Waals surface area contributed by atoms with E-state index in [0.717, 1.165) is 11.3 Å². The third-order valence-electron chi connectivity index (χ3n) is 4.97. The molecule has 1 aromatic heterocycles. The summed E-state index contributed by atoms with van der Waals surface area (Å²) >= 11 is 0. The van der Waals surface area contributed by atoms with Crippen LogP contribution in [0.4, 0.5) is 0 Å². The summed E-state index contributed by atoms with van der Waals surface area (Å²) in [7, 11) is 3.94. The summed E-state index contributed by atoms with van der Waals surface area (Å²) in [5.41, 5.74) is 0.977. The molecular weight excluding hydrogens is 382 g/mol. The van der Waals surface area contributed by atoms with Crippen molar-refractivity contribution in [3.8, 4) is 5.75 Å². The number of nitrogens with one attached hydrogen (secondary N) is 1. The van der Waals surface area contributed by atoms with Crippen LogP contribution in [0, 0.1) is 0 Å². The first-order chi connectivity index (χ1) is 14.4. The van der Waals surface area contributed by atoms with E-state index in [2.05, 4.69) is 4.98 Å². The molecule has 1 atom stereocenters. The molecule has 1 aliphatic heterocycles. The quantitative estimate of drug-likeness (QED) is 0.383. The molecule has 0 bridgehead atoms. The van der Waals surface area contributed by atoms with E-state index in [-0.39, 0.29) is 5.57 Å². The largest absolute Gasteiger partial charge is 0.872 e. The van der Waals surface area contributed by atoms with Crippen LogP contribution in [0.1, 0.15) is 30.5 Å². The van der Waals surface area contributed by atoms with E-state index in [4.69, 9.17) is 4.74 Å². The molecule has 2 aromatic rings. The molecule has 2 heterocycles. The Morgan fingerprint density at radius 2 is 1.93 bits per heavy atom. The molecule has 1 amide bonds. The summed E-state index contributed by atoms with van der Waals surface area (Å²) in [6.07, 6.45) is 4.10. The molecule has 0 aliphatic carbocycles. The molecule has 1 N–H and O–H groups in total. The van der Waals surface area contributed by atoms with Gasteiger partial charge in [0.2, 0.25) is 5.78 Å². The zero-order valence-electron chi connectivity index (χ0n) is 17.6. The molecule has 1 unspecified atom stereocenters. The van der Waals surface area contributed by atoms with Crippen molar-refractivity contribution >= 4 is 17.4 Å². The van der Waals surface area contributed by atoms with Gasteiger partial charge in [0.1, 0.15) is 5.75 Å². The van der Waals surface area contributed by atoms with Crippen LogP contribution in [0.15, 0.2) is 54.4 Å².